The summed E-state index contributed by atoms with van der Waals surface area (Å²) in [7, 11) is 2.56. The van der Waals surface area contributed by atoms with E-state index in [1.54, 1.807) is 0 Å². The standard InChI is InChI=1S/C25H54N.CH2O3/c1-5-8-11-14-17-20-23-26(4,24-21-18-15-12-9-6-2)25-22-19-16-13-10-7-3;2-1(3)4/h5-25H2,1-4H3;(H2,2,3,4)/q+1;/p-1. The molecule has 0 aromatic carbocycles. The number of carbonyl (C=O) groups is 1. The van der Waals surface area contributed by atoms with Crippen LogP contribution >= 0.6 is 0 Å². The van der Waals surface area contributed by atoms with Crippen molar-refractivity contribution in [3.8, 4) is 0 Å². The third-order valence-electron chi connectivity index (χ3n) is 6.15. The summed E-state index contributed by atoms with van der Waals surface area (Å²) < 4.78 is 1.36. The van der Waals surface area contributed by atoms with Crippen LogP contribution in [0.3, 0.4) is 0 Å². The smallest absolute Gasteiger partial charge is 0.249 e. The third kappa shape index (κ3) is 27.2. The Kier molecular flexibility index (Phi) is 25.7. The molecule has 0 aliphatic carbocycles. The van der Waals surface area contributed by atoms with Crippen molar-refractivity contribution in [2.45, 2.75) is 136 Å². The Hall–Kier alpha value is -0.770. The molecule has 0 atom stereocenters. The number of quaternary nitrogens is 1. The minimum Gasteiger partial charge on any atom is -0.565 e. The fourth-order valence-electron chi connectivity index (χ4n) is 4.16. The third-order valence-corrected chi connectivity index (χ3v) is 6.15. The van der Waals surface area contributed by atoms with Crippen LogP contribution in [0.1, 0.15) is 136 Å². The van der Waals surface area contributed by atoms with Gasteiger partial charge in [-0.1, -0.05) is 97.8 Å². The number of rotatable bonds is 21. The fourth-order valence-corrected chi connectivity index (χ4v) is 4.16. The lowest BCUT2D eigenvalue weighted by molar-refractivity contribution is -0.910. The molecule has 0 amide bonds. The molecule has 0 heterocycles. The number of nitrogens with zero attached hydrogens (tertiary/aromatic N) is 1. The van der Waals surface area contributed by atoms with Crippen molar-refractivity contribution in [2.75, 3.05) is 26.7 Å². The lowest BCUT2D eigenvalue weighted by Gasteiger charge is -2.35. The first-order valence-corrected chi connectivity index (χ1v) is 13.1. The number of hydrogen-bond acceptors (Lipinski definition) is 2. The molecule has 1 N–H and O–H groups in total. The maximum Gasteiger partial charge on any atom is 0.249 e. The van der Waals surface area contributed by atoms with E-state index in [0.29, 0.717) is 0 Å². The van der Waals surface area contributed by atoms with Crippen molar-refractivity contribution < 1.29 is 19.5 Å². The second-order valence-corrected chi connectivity index (χ2v) is 9.36. The van der Waals surface area contributed by atoms with Crippen LogP contribution in [-0.4, -0.2) is 42.4 Å². The summed E-state index contributed by atoms with van der Waals surface area (Å²) >= 11 is 0. The molecule has 0 aromatic rings. The normalized spacial score (nSPS) is 11.2. The fraction of sp³-hybridized carbons (Fsp3) is 0.962. The van der Waals surface area contributed by atoms with Crippen LogP contribution in [0, 0.1) is 0 Å². The van der Waals surface area contributed by atoms with E-state index < -0.39 is 6.16 Å². The molecule has 0 rings (SSSR count). The highest BCUT2D eigenvalue weighted by atomic mass is 16.6. The van der Waals surface area contributed by atoms with Crippen molar-refractivity contribution in [2.24, 2.45) is 0 Å². The van der Waals surface area contributed by atoms with Crippen molar-refractivity contribution >= 4 is 6.16 Å². The lowest BCUT2D eigenvalue weighted by atomic mass is 10.1. The van der Waals surface area contributed by atoms with Crippen LogP contribution in [0.4, 0.5) is 4.79 Å². The van der Waals surface area contributed by atoms with Gasteiger partial charge in [-0.05, 0) is 38.5 Å². The largest absolute Gasteiger partial charge is 0.565 e. The van der Waals surface area contributed by atoms with Crippen molar-refractivity contribution in [3.63, 3.8) is 0 Å². The highest BCUT2D eigenvalue weighted by Gasteiger charge is 2.20. The van der Waals surface area contributed by atoms with Gasteiger partial charge in [0.1, 0.15) is 0 Å². The molecular weight excluding hydrogens is 374 g/mol. The molecule has 0 aliphatic rings. The highest BCUT2D eigenvalue weighted by molar-refractivity contribution is 5.50. The Bertz CT molecular complexity index is 302. The minimum absolute atomic E-state index is 1.36. The number of unbranched alkanes of at least 4 members (excludes halogenated alkanes) is 15. The Morgan fingerprint density at radius 2 is 0.767 bits per heavy atom. The highest BCUT2D eigenvalue weighted by Crippen LogP contribution is 2.16. The molecule has 0 saturated carbocycles. The number of hydrogen-bond donors (Lipinski definition) is 1. The molecule has 0 saturated heterocycles. The van der Waals surface area contributed by atoms with Gasteiger partial charge < -0.3 is 19.5 Å². The molecule has 0 fully saturated rings. The first-order chi connectivity index (χ1) is 14.4. The predicted octanol–water partition coefficient (Wildman–Crippen LogP) is 7.40. The van der Waals surface area contributed by atoms with Crippen LogP contribution in [-0.2, 0) is 0 Å². The van der Waals surface area contributed by atoms with E-state index in [1.807, 2.05) is 0 Å². The summed E-state index contributed by atoms with van der Waals surface area (Å²) in [5.41, 5.74) is 0. The molecule has 4 nitrogen and oxygen atoms in total. The van der Waals surface area contributed by atoms with Gasteiger partial charge in [0.15, 0.2) is 0 Å². The SMILES string of the molecule is CCCCCCCC[N+](C)(CCCCCCCC)CCCCCCCC.O=C([O-])O. The van der Waals surface area contributed by atoms with E-state index in [9.17, 15) is 0 Å². The average molecular weight is 430 g/mol. The van der Waals surface area contributed by atoms with E-state index >= 15 is 0 Å². The second kappa shape index (κ2) is 24.5. The predicted molar refractivity (Wildman–Crippen MR) is 129 cm³/mol. The lowest BCUT2D eigenvalue weighted by Crippen LogP contribution is -2.46. The van der Waals surface area contributed by atoms with E-state index in [-0.39, 0.29) is 0 Å². The van der Waals surface area contributed by atoms with Crippen LogP contribution in [0.5, 0.6) is 0 Å². The van der Waals surface area contributed by atoms with Gasteiger partial charge in [-0.2, -0.15) is 0 Å². The molecule has 0 bridgehead atoms. The van der Waals surface area contributed by atoms with Crippen LogP contribution in [0.2, 0.25) is 0 Å². The molecule has 4 heteroatoms. The van der Waals surface area contributed by atoms with Gasteiger partial charge in [-0.25, -0.2) is 0 Å². The molecule has 0 unspecified atom stereocenters. The Balaban J connectivity index is 0. The van der Waals surface area contributed by atoms with E-state index in [2.05, 4.69) is 27.8 Å². The van der Waals surface area contributed by atoms with Crippen LogP contribution < -0.4 is 5.11 Å². The zero-order chi connectivity index (χ0) is 22.9. The number of carboxylic acid groups (broad SMARTS) is 2. The van der Waals surface area contributed by atoms with E-state index in [1.165, 1.54) is 140 Å². The van der Waals surface area contributed by atoms with Gasteiger partial charge in [0.25, 0.3) is 0 Å². The molecular formula is C26H55NO3. The Morgan fingerprint density at radius 1 is 0.567 bits per heavy atom. The summed E-state index contributed by atoms with van der Waals surface area (Å²) in [6.07, 6.45) is 23.8. The molecule has 0 aliphatic heterocycles. The molecule has 0 aromatic heterocycles. The van der Waals surface area contributed by atoms with E-state index in [0.717, 1.165) is 0 Å². The van der Waals surface area contributed by atoms with Gasteiger partial charge in [0.2, 0.25) is 6.16 Å². The maximum absolute atomic E-state index is 8.44. The summed E-state index contributed by atoms with van der Waals surface area (Å²) in [5, 5.41) is 15.3. The summed E-state index contributed by atoms with van der Waals surface area (Å²) in [4.78, 5) is 8.44. The summed E-state index contributed by atoms with van der Waals surface area (Å²) in [6.45, 7) is 11.2. The molecule has 0 spiro atoms. The van der Waals surface area contributed by atoms with Gasteiger partial charge >= 0.3 is 0 Å². The van der Waals surface area contributed by atoms with Crippen molar-refractivity contribution in [1.29, 1.82) is 0 Å². The van der Waals surface area contributed by atoms with Gasteiger partial charge in [-0.3, -0.25) is 0 Å². The monoisotopic (exact) mass is 429 g/mol. The van der Waals surface area contributed by atoms with E-state index in [4.69, 9.17) is 15.0 Å². The second-order valence-electron chi connectivity index (χ2n) is 9.36. The minimum atomic E-state index is -2.08. The zero-order valence-corrected chi connectivity index (χ0v) is 21.1. The molecule has 182 valence electrons. The van der Waals surface area contributed by atoms with Crippen molar-refractivity contribution in [3.05, 3.63) is 0 Å². The topological polar surface area (TPSA) is 60.4 Å². The Labute approximate surface area is 189 Å². The first-order valence-electron chi connectivity index (χ1n) is 13.1. The van der Waals surface area contributed by atoms with Crippen LogP contribution in [0.15, 0.2) is 0 Å². The Morgan fingerprint density at radius 3 is 1.00 bits per heavy atom. The molecule has 30 heavy (non-hydrogen) atoms. The van der Waals surface area contributed by atoms with Gasteiger partial charge in [-0.15, -0.1) is 0 Å². The zero-order valence-electron chi connectivity index (χ0n) is 21.1. The summed E-state index contributed by atoms with van der Waals surface area (Å²) in [6, 6.07) is 0. The molecule has 0 radical (unpaired) electrons. The van der Waals surface area contributed by atoms with Crippen molar-refractivity contribution in [1.82, 2.24) is 0 Å². The average Bonchev–Trinajstić information content (AvgIpc) is 2.70. The quantitative estimate of drug-likeness (QED) is 0.153. The van der Waals surface area contributed by atoms with Crippen LogP contribution in [0.25, 0.3) is 0 Å². The first kappa shape index (κ1) is 31.4. The van der Waals surface area contributed by atoms with Gasteiger partial charge in [0.05, 0.1) is 26.7 Å². The summed E-state index contributed by atoms with van der Waals surface area (Å²) in [5.74, 6) is 0. The van der Waals surface area contributed by atoms with Gasteiger partial charge in [0, 0.05) is 0 Å². The maximum atomic E-state index is 8.44.